The molecule has 0 radical (unpaired) electrons. The van der Waals surface area contributed by atoms with Crippen molar-refractivity contribution in [3.63, 3.8) is 0 Å². The van der Waals surface area contributed by atoms with Gasteiger partial charge in [-0.3, -0.25) is 4.98 Å². The van der Waals surface area contributed by atoms with Crippen LogP contribution in [0.2, 0.25) is 0 Å². The molecule has 0 amide bonds. The second kappa shape index (κ2) is 6.43. The Bertz CT molecular complexity index is 387. The standard InChI is InChI=1S/C12H14F6N2/c1-2-5-20-9(8-4-3-6-19-7-8)10(11(13,14)15)12(16,17)18/h3-4,6-7,9-10,20H,2,5H2,1H3. The molecule has 1 aromatic heterocycles. The van der Waals surface area contributed by atoms with Gasteiger partial charge in [0.1, 0.15) is 0 Å². The van der Waals surface area contributed by atoms with Crippen molar-refractivity contribution in [2.24, 2.45) is 5.92 Å². The number of halogens is 6. The lowest BCUT2D eigenvalue weighted by Crippen LogP contribution is -2.46. The molecule has 0 saturated heterocycles. The summed E-state index contributed by atoms with van der Waals surface area (Å²) in [4.78, 5) is 3.59. The highest BCUT2D eigenvalue weighted by molar-refractivity contribution is 5.16. The van der Waals surface area contributed by atoms with Gasteiger partial charge >= 0.3 is 12.4 Å². The van der Waals surface area contributed by atoms with E-state index in [9.17, 15) is 26.3 Å². The Labute approximate surface area is 112 Å². The zero-order valence-corrected chi connectivity index (χ0v) is 10.6. The number of hydrogen-bond acceptors (Lipinski definition) is 2. The molecule has 0 aliphatic carbocycles. The quantitative estimate of drug-likeness (QED) is 0.835. The summed E-state index contributed by atoms with van der Waals surface area (Å²) in [5, 5.41) is 2.32. The lowest BCUT2D eigenvalue weighted by atomic mass is 9.92. The summed E-state index contributed by atoms with van der Waals surface area (Å²) >= 11 is 0. The third-order valence-electron chi connectivity index (χ3n) is 2.70. The molecule has 1 N–H and O–H groups in total. The van der Waals surface area contributed by atoms with Crippen LogP contribution in [-0.4, -0.2) is 23.9 Å². The predicted octanol–water partition coefficient (Wildman–Crippen LogP) is 3.86. The van der Waals surface area contributed by atoms with Crippen LogP contribution in [0.5, 0.6) is 0 Å². The second-order valence-corrected chi connectivity index (χ2v) is 4.28. The average Bonchev–Trinajstić information content (AvgIpc) is 2.32. The van der Waals surface area contributed by atoms with Crippen LogP contribution in [0.3, 0.4) is 0 Å². The van der Waals surface area contributed by atoms with Gasteiger partial charge in [-0.1, -0.05) is 13.0 Å². The highest BCUT2D eigenvalue weighted by atomic mass is 19.4. The summed E-state index contributed by atoms with van der Waals surface area (Å²) in [5.41, 5.74) is -0.138. The number of nitrogens with zero attached hydrogens (tertiary/aromatic N) is 1. The molecule has 114 valence electrons. The summed E-state index contributed by atoms with van der Waals surface area (Å²) in [6.07, 6.45) is -8.06. The van der Waals surface area contributed by atoms with Crippen molar-refractivity contribution in [3.05, 3.63) is 30.1 Å². The number of pyridine rings is 1. The molecule has 0 aliphatic rings. The van der Waals surface area contributed by atoms with Crippen LogP contribution < -0.4 is 5.32 Å². The van der Waals surface area contributed by atoms with Crippen molar-refractivity contribution in [2.45, 2.75) is 31.7 Å². The van der Waals surface area contributed by atoms with Gasteiger partial charge < -0.3 is 5.32 Å². The van der Waals surface area contributed by atoms with Crippen molar-refractivity contribution in [2.75, 3.05) is 6.54 Å². The van der Waals surface area contributed by atoms with Gasteiger partial charge in [0.25, 0.3) is 0 Å². The van der Waals surface area contributed by atoms with E-state index in [1.165, 1.54) is 18.3 Å². The molecule has 20 heavy (non-hydrogen) atoms. The van der Waals surface area contributed by atoms with Crippen molar-refractivity contribution in [3.8, 4) is 0 Å². The summed E-state index contributed by atoms with van der Waals surface area (Å²) in [6.45, 7) is 1.70. The van der Waals surface area contributed by atoms with Gasteiger partial charge in [-0.05, 0) is 24.6 Å². The molecule has 8 heteroatoms. The van der Waals surface area contributed by atoms with Crippen LogP contribution in [0.1, 0.15) is 24.9 Å². The normalized spacial score (nSPS) is 14.6. The summed E-state index contributed by atoms with van der Waals surface area (Å²) < 4.78 is 76.8. The average molecular weight is 300 g/mol. The first kappa shape index (κ1) is 16.7. The molecule has 1 unspecified atom stereocenters. The van der Waals surface area contributed by atoms with E-state index in [0.29, 0.717) is 6.42 Å². The summed E-state index contributed by atoms with van der Waals surface area (Å²) in [6, 6.07) is 0.605. The summed E-state index contributed by atoms with van der Waals surface area (Å²) in [5.74, 6) is -3.47. The van der Waals surface area contributed by atoms with Crippen LogP contribution in [-0.2, 0) is 0 Å². The maximum atomic E-state index is 12.8. The van der Waals surface area contributed by atoms with Crippen molar-refractivity contribution in [1.29, 1.82) is 0 Å². The number of hydrogen-bond donors (Lipinski definition) is 1. The number of aromatic nitrogens is 1. The van der Waals surface area contributed by atoms with Crippen LogP contribution in [0, 0.1) is 5.92 Å². The minimum atomic E-state index is -5.39. The van der Waals surface area contributed by atoms with E-state index in [2.05, 4.69) is 10.3 Å². The van der Waals surface area contributed by atoms with Crippen molar-refractivity contribution in [1.82, 2.24) is 10.3 Å². The van der Waals surface area contributed by atoms with E-state index < -0.39 is 24.3 Å². The minimum Gasteiger partial charge on any atom is -0.309 e. The van der Waals surface area contributed by atoms with E-state index in [-0.39, 0.29) is 12.1 Å². The zero-order valence-electron chi connectivity index (χ0n) is 10.6. The van der Waals surface area contributed by atoms with Gasteiger partial charge in [-0.25, -0.2) is 0 Å². The fourth-order valence-corrected chi connectivity index (χ4v) is 1.85. The molecule has 0 bridgehead atoms. The Morgan fingerprint density at radius 3 is 2.15 bits per heavy atom. The molecule has 1 aromatic rings. The maximum absolute atomic E-state index is 12.8. The number of rotatable bonds is 5. The smallest absolute Gasteiger partial charge is 0.309 e. The first-order chi connectivity index (χ1) is 9.18. The molecule has 0 aromatic carbocycles. The molecule has 1 atom stereocenters. The van der Waals surface area contributed by atoms with Gasteiger partial charge in [0.05, 0.1) is 6.04 Å². The first-order valence-corrected chi connectivity index (χ1v) is 5.94. The van der Waals surface area contributed by atoms with Crippen LogP contribution in [0.25, 0.3) is 0 Å². The molecule has 0 aliphatic heterocycles. The largest absolute Gasteiger partial charge is 0.402 e. The fourth-order valence-electron chi connectivity index (χ4n) is 1.85. The first-order valence-electron chi connectivity index (χ1n) is 5.94. The third kappa shape index (κ3) is 4.36. The summed E-state index contributed by atoms with van der Waals surface area (Å²) in [7, 11) is 0. The Morgan fingerprint density at radius 1 is 1.15 bits per heavy atom. The molecular weight excluding hydrogens is 286 g/mol. The number of nitrogens with one attached hydrogen (secondary N) is 1. The predicted molar refractivity (Wildman–Crippen MR) is 60.9 cm³/mol. The van der Waals surface area contributed by atoms with E-state index in [1.807, 2.05) is 0 Å². The van der Waals surface area contributed by atoms with Gasteiger partial charge in [0.2, 0.25) is 0 Å². The lowest BCUT2D eigenvalue weighted by molar-refractivity contribution is -0.292. The molecule has 1 rings (SSSR count). The highest BCUT2D eigenvalue weighted by Crippen LogP contribution is 2.46. The van der Waals surface area contributed by atoms with Crippen LogP contribution >= 0.6 is 0 Å². The molecular formula is C12H14F6N2. The monoisotopic (exact) mass is 300 g/mol. The molecule has 0 saturated carbocycles. The van der Waals surface area contributed by atoms with Gasteiger partial charge in [0, 0.05) is 12.4 Å². The highest BCUT2D eigenvalue weighted by Gasteiger charge is 2.60. The lowest BCUT2D eigenvalue weighted by Gasteiger charge is -2.31. The molecule has 0 spiro atoms. The van der Waals surface area contributed by atoms with Gasteiger partial charge in [-0.2, -0.15) is 26.3 Å². The minimum absolute atomic E-state index is 0.0439. The third-order valence-corrected chi connectivity index (χ3v) is 2.70. The topological polar surface area (TPSA) is 24.9 Å². The molecule has 0 fully saturated rings. The van der Waals surface area contributed by atoms with Crippen molar-refractivity contribution < 1.29 is 26.3 Å². The zero-order chi connectivity index (χ0) is 15.4. The van der Waals surface area contributed by atoms with Gasteiger partial charge in [-0.15, -0.1) is 0 Å². The molecule has 2 nitrogen and oxygen atoms in total. The second-order valence-electron chi connectivity index (χ2n) is 4.28. The Balaban J connectivity index is 3.19. The number of alkyl halides is 6. The fraction of sp³-hybridized carbons (Fsp3) is 0.583. The molecule has 1 heterocycles. The Kier molecular flexibility index (Phi) is 5.38. The Morgan fingerprint density at radius 2 is 1.75 bits per heavy atom. The van der Waals surface area contributed by atoms with E-state index in [4.69, 9.17) is 0 Å². The van der Waals surface area contributed by atoms with E-state index in [0.717, 1.165) is 6.20 Å². The SMILES string of the molecule is CCCNC(c1cccnc1)C(C(F)(F)F)C(F)(F)F. The van der Waals surface area contributed by atoms with E-state index in [1.54, 1.807) is 6.92 Å². The van der Waals surface area contributed by atoms with Crippen LogP contribution in [0.4, 0.5) is 26.3 Å². The van der Waals surface area contributed by atoms with Gasteiger partial charge in [0.15, 0.2) is 5.92 Å². The van der Waals surface area contributed by atoms with Crippen LogP contribution in [0.15, 0.2) is 24.5 Å². The maximum Gasteiger partial charge on any atom is 0.402 e. The van der Waals surface area contributed by atoms with E-state index >= 15 is 0 Å². The van der Waals surface area contributed by atoms with Crippen molar-refractivity contribution >= 4 is 0 Å². The Hall–Kier alpha value is -1.31.